The van der Waals surface area contributed by atoms with Crippen LogP contribution in [0, 0.1) is 5.92 Å². The fourth-order valence-electron chi connectivity index (χ4n) is 0.955. The molecular weight excluding hydrogens is 190 g/mol. The number of ether oxygens (including phenoxy) is 1. The van der Waals surface area contributed by atoms with Crippen LogP contribution in [-0.2, 0) is 4.74 Å². The van der Waals surface area contributed by atoms with Crippen LogP contribution < -0.4 is 5.32 Å². The molecule has 0 radical (unpaired) electrons. The van der Waals surface area contributed by atoms with Crippen LogP contribution >= 0.6 is 0 Å². The van der Waals surface area contributed by atoms with Crippen molar-refractivity contribution in [2.24, 2.45) is 5.92 Å². The normalized spacial score (nSPS) is 15.7. The monoisotopic (exact) mass is 213 g/mol. The van der Waals surface area contributed by atoms with Gasteiger partial charge in [0, 0.05) is 0 Å². The number of nitrogens with one attached hydrogen (secondary N) is 1. The number of rotatable bonds is 3. The van der Waals surface area contributed by atoms with Gasteiger partial charge >= 0.3 is 6.09 Å². The smallest absolute Gasteiger partial charge is 0.408 e. The Morgan fingerprint density at radius 1 is 1.33 bits per heavy atom. The van der Waals surface area contributed by atoms with Gasteiger partial charge in [-0.15, -0.1) is 6.58 Å². The van der Waals surface area contributed by atoms with Gasteiger partial charge in [0.2, 0.25) is 0 Å². The van der Waals surface area contributed by atoms with E-state index in [9.17, 15) is 4.79 Å². The highest BCUT2D eigenvalue weighted by atomic mass is 16.6. The van der Waals surface area contributed by atoms with Gasteiger partial charge in [-0.05, 0) is 33.6 Å². The number of alkyl carbamates (subject to hydrolysis) is 1. The lowest BCUT2D eigenvalue weighted by Crippen LogP contribution is -2.49. The van der Waals surface area contributed by atoms with E-state index in [-0.39, 0.29) is 5.92 Å². The van der Waals surface area contributed by atoms with Crippen LogP contribution in [0.15, 0.2) is 12.7 Å². The molecule has 0 aliphatic carbocycles. The first-order valence-electron chi connectivity index (χ1n) is 5.25. The average Bonchev–Trinajstić information content (AvgIpc) is 1.99. The fourth-order valence-corrected chi connectivity index (χ4v) is 0.955. The zero-order valence-electron chi connectivity index (χ0n) is 10.7. The van der Waals surface area contributed by atoms with Crippen molar-refractivity contribution < 1.29 is 9.53 Å². The highest BCUT2D eigenvalue weighted by Gasteiger charge is 2.28. The molecule has 1 N–H and O–H groups in total. The van der Waals surface area contributed by atoms with Crippen molar-refractivity contribution in [2.75, 3.05) is 0 Å². The molecule has 0 aliphatic heterocycles. The maximum atomic E-state index is 11.6. The van der Waals surface area contributed by atoms with Crippen molar-refractivity contribution in [2.45, 2.75) is 52.7 Å². The van der Waals surface area contributed by atoms with Gasteiger partial charge in [-0.3, -0.25) is 0 Å². The molecular formula is C12H23NO2. The van der Waals surface area contributed by atoms with E-state index in [1.807, 2.05) is 41.5 Å². The van der Waals surface area contributed by atoms with E-state index in [1.54, 1.807) is 6.08 Å². The van der Waals surface area contributed by atoms with Crippen molar-refractivity contribution >= 4 is 6.09 Å². The van der Waals surface area contributed by atoms with Crippen molar-refractivity contribution in [1.29, 1.82) is 0 Å². The van der Waals surface area contributed by atoms with E-state index in [0.29, 0.717) is 0 Å². The molecule has 3 heteroatoms. The molecule has 15 heavy (non-hydrogen) atoms. The summed E-state index contributed by atoms with van der Waals surface area (Å²) in [5, 5.41) is 2.82. The molecule has 1 atom stereocenters. The summed E-state index contributed by atoms with van der Waals surface area (Å²) in [5.41, 5.74) is -0.897. The average molecular weight is 213 g/mol. The van der Waals surface area contributed by atoms with Crippen LogP contribution in [0.25, 0.3) is 0 Å². The number of carbonyl (C=O) groups is 1. The maximum absolute atomic E-state index is 11.6. The fraction of sp³-hybridized carbons (Fsp3) is 0.750. The van der Waals surface area contributed by atoms with Crippen LogP contribution in [-0.4, -0.2) is 17.2 Å². The molecule has 0 fully saturated rings. The molecule has 0 saturated carbocycles. The van der Waals surface area contributed by atoms with E-state index in [0.717, 1.165) is 0 Å². The summed E-state index contributed by atoms with van der Waals surface area (Å²) in [7, 11) is 0. The van der Waals surface area contributed by atoms with Crippen LogP contribution in [0.1, 0.15) is 41.5 Å². The molecule has 3 nitrogen and oxygen atoms in total. The molecule has 0 heterocycles. The van der Waals surface area contributed by atoms with E-state index in [4.69, 9.17) is 4.74 Å². The summed E-state index contributed by atoms with van der Waals surface area (Å²) < 4.78 is 5.19. The van der Waals surface area contributed by atoms with Gasteiger partial charge in [-0.1, -0.05) is 19.9 Å². The molecule has 0 bridgehead atoms. The molecule has 1 unspecified atom stereocenters. The molecule has 0 aromatic carbocycles. The van der Waals surface area contributed by atoms with Gasteiger partial charge in [0.05, 0.1) is 5.54 Å². The van der Waals surface area contributed by atoms with Crippen LogP contribution in [0.3, 0.4) is 0 Å². The van der Waals surface area contributed by atoms with Crippen LogP contribution in [0.5, 0.6) is 0 Å². The van der Waals surface area contributed by atoms with Crippen LogP contribution in [0.2, 0.25) is 0 Å². The predicted octanol–water partition coefficient (Wildman–Crippen LogP) is 3.11. The standard InChI is InChI=1S/C12H23NO2/c1-8-12(7,9(2)3)13-10(14)15-11(4,5)6/h8-9H,1H2,2-7H3,(H,13,14). The second-order valence-electron chi connectivity index (χ2n) is 5.27. The predicted molar refractivity (Wildman–Crippen MR) is 62.8 cm³/mol. The Bertz CT molecular complexity index is 240. The highest BCUT2D eigenvalue weighted by molar-refractivity contribution is 5.69. The van der Waals surface area contributed by atoms with Crippen molar-refractivity contribution in [3.8, 4) is 0 Å². The van der Waals surface area contributed by atoms with Gasteiger partial charge in [-0.2, -0.15) is 0 Å². The summed E-state index contributed by atoms with van der Waals surface area (Å²) in [4.78, 5) is 11.6. The summed E-state index contributed by atoms with van der Waals surface area (Å²) in [6, 6.07) is 0. The van der Waals surface area contributed by atoms with Crippen molar-refractivity contribution in [1.82, 2.24) is 5.32 Å². The van der Waals surface area contributed by atoms with Gasteiger partial charge in [-0.25, -0.2) is 4.79 Å². The van der Waals surface area contributed by atoms with E-state index < -0.39 is 17.2 Å². The lowest BCUT2D eigenvalue weighted by molar-refractivity contribution is 0.0463. The number of carbonyl (C=O) groups excluding carboxylic acids is 1. The third-order valence-corrected chi connectivity index (χ3v) is 2.39. The Hall–Kier alpha value is -0.990. The Balaban J connectivity index is 4.45. The molecule has 0 aromatic heterocycles. The third-order valence-electron chi connectivity index (χ3n) is 2.39. The van der Waals surface area contributed by atoms with Gasteiger partial charge in [0.25, 0.3) is 0 Å². The topological polar surface area (TPSA) is 38.3 Å². The first kappa shape index (κ1) is 14.0. The summed E-state index contributed by atoms with van der Waals surface area (Å²) in [6.07, 6.45) is 1.33. The van der Waals surface area contributed by atoms with E-state index in [1.165, 1.54) is 0 Å². The molecule has 0 saturated heterocycles. The maximum Gasteiger partial charge on any atom is 0.408 e. The van der Waals surface area contributed by atoms with Crippen molar-refractivity contribution in [3.63, 3.8) is 0 Å². The van der Waals surface area contributed by atoms with Gasteiger partial charge in [0.15, 0.2) is 0 Å². The second kappa shape index (κ2) is 4.69. The lowest BCUT2D eigenvalue weighted by Gasteiger charge is -2.32. The molecule has 0 aliphatic rings. The zero-order chi connectivity index (χ0) is 12.3. The quantitative estimate of drug-likeness (QED) is 0.731. The minimum absolute atomic E-state index is 0.266. The molecule has 0 spiro atoms. The molecule has 1 amide bonds. The summed E-state index contributed by atoms with van der Waals surface area (Å²) in [5.74, 6) is 0.266. The van der Waals surface area contributed by atoms with Crippen molar-refractivity contribution in [3.05, 3.63) is 12.7 Å². The van der Waals surface area contributed by atoms with E-state index >= 15 is 0 Å². The van der Waals surface area contributed by atoms with Gasteiger partial charge < -0.3 is 10.1 Å². The highest BCUT2D eigenvalue weighted by Crippen LogP contribution is 2.18. The third kappa shape index (κ3) is 4.86. The molecule has 88 valence electrons. The SMILES string of the molecule is C=CC(C)(NC(=O)OC(C)(C)C)C(C)C. The largest absolute Gasteiger partial charge is 0.444 e. The van der Waals surface area contributed by atoms with Gasteiger partial charge in [0.1, 0.15) is 5.60 Å². The Morgan fingerprint density at radius 2 is 1.80 bits per heavy atom. The Kier molecular flexibility index (Phi) is 4.38. The van der Waals surface area contributed by atoms with E-state index in [2.05, 4.69) is 11.9 Å². The first-order valence-corrected chi connectivity index (χ1v) is 5.25. The lowest BCUT2D eigenvalue weighted by atomic mass is 9.89. The number of amides is 1. The second-order valence-corrected chi connectivity index (χ2v) is 5.27. The Morgan fingerprint density at radius 3 is 2.07 bits per heavy atom. The minimum atomic E-state index is -0.469. The molecule has 0 rings (SSSR count). The summed E-state index contributed by atoms with van der Waals surface area (Å²) in [6.45, 7) is 15.2. The minimum Gasteiger partial charge on any atom is -0.444 e. The number of hydrogen-bond acceptors (Lipinski definition) is 2. The number of hydrogen-bond donors (Lipinski definition) is 1. The van der Waals surface area contributed by atoms with Crippen LogP contribution in [0.4, 0.5) is 4.79 Å². The molecule has 0 aromatic rings. The Labute approximate surface area is 92.9 Å². The first-order chi connectivity index (χ1) is 6.60. The summed E-state index contributed by atoms with van der Waals surface area (Å²) >= 11 is 0. The zero-order valence-corrected chi connectivity index (χ0v) is 10.7.